The Bertz CT molecular complexity index is 1220. The Morgan fingerprint density at radius 3 is 2.50 bits per heavy atom. The van der Waals surface area contributed by atoms with Crippen LogP contribution in [0.4, 0.5) is 0 Å². The van der Waals surface area contributed by atoms with E-state index in [2.05, 4.69) is 4.99 Å². The van der Waals surface area contributed by atoms with Crippen LogP contribution in [0.1, 0.15) is 41.4 Å². The van der Waals surface area contributed by atoms with Gasteiger partial charge in [0.15, 0.2) is 0 Å². The maximum atomic E-state index is 13.5. The van der Waals surface area contributed by atoms with E-state index in [4.69, 9.17) is 27.9 Å². The fourth-order valence-electron chi connectivity index (χ4n) is 4.89. The first kappa shape index (κ1) is 25.3. The smallest absolute Gasteiger partial charge is 0.255 e. The topological polar surface area (TPSA) is 96.3 Å². The summed E-state index contributed by atoms with van der Waals surface area (Å²) in [6.45, 7) is 4.88. The fraction of sp³-hybridized carbons (Fsp3) is 0.522. The minimum Gasteiger partial charge on any atom is -0.376 e. The van der Waals surface area contributed by atoms with Gasteiger partial charge < -0.3 is 9.64 Å². The number of nitrogens with zero attached hydrogens (tertiary/aromatic N) is 3. The van der Waals surface area contributed by atoms with Crippen molar-refractivity contribution < 1.29 is 22.7 Å². The predicted octanol–water partition coefficient (Wildman–Crippen LogP) is 3.13. The van der Waals surface area contributed by atoms with Crippen LogP contribution in [-0.2, 0) is 26.0 Å². The molecule has 34 heavy (non-hydrogen) atoms. The van der Waals surface area contributed by atoms with Crippen molar-refractivity contribution in [3.8, 4) is 0 Å². The molecule has 4 rings (SSSR count). The number of sulfonamides is 1. The molecule has 3 aliphatic rings. The molecule has 0 aromatic heterocycles. The van der Waals surface area contributed by atoms with Gasteiger partial charge >= 0.3 is 0 Å². The van der Waals surface area contributed by atoms with Crippen LogP contribution in [0.15, 0.2) is 22.7 Å². The van der Waals surface area contributed by atoms with Crippen molar-refractivity contribution in [2.75, 3.05) is 39.5 Å². The summed E-state index contributed by atoms with van der Waals surface area (Å²) >= 11 is 13.4. The normalized spacial score (nSPS) is 22.8. The zero-order valence-corrected chi connectivity index (χ0v) is 21.8. The summed E-state index contributed by atoms with van der Waals surface area (Å²) in [5, 5.41) is 0.684. The van der Waals surface area contributed by atoms with Gasteiger partial charge in [0, 0.05) is 55.5 Å². The quantitative estimate of drug-likeness (QED) is 0.566. The highest BCUT2D eigenvalue weighted by Gasteiger charge is 2.41. The molecular weight excluding hydrogens is 501 g/mol. The molecule has 0 N–H and O–H groups in total. The lowest BCUT2D eigenvalue weighted by Crippen LogP contribution is -2.52. The minimum atomic E-state index is -3.28. The van der Waals surface area contributed by atoms with Crippen LogP contribution in [0, 0.1) is 11.8 Å². The number of halogens is 2. The first-order chi connectivity index (χ1) is 15.9. The lowest BCUT2D eigenvalue weighted by atomic mass is 9.87. The highest BCUT2D eigenvalue weighted by atomic mass is 35.5. The van der Waals surface area contributed by atoms with Crippen LogP contribution >= 0.6 is 23.2 Å². The third-order valence-corrected chi connectivity index (χ3v) is 8.77. The molecule has 2 unspecified atom stereocenters. The number of carbonyl (C=O) groups is 2. The molecule has 11 heteroatoms. The standard InChI is InChI=1S/C23H27Cl2N3O5S/c1-12-7-13(2)26-22(29)17(12)11-27-6-5-15-18(24)8-16(20(25)19(15)23(27)30)21(33-3)14-9-28(10-14)34(4,31)32/h7-8,14,17,21H,5-6,9-11H2,1-4H3. The van der Waals surface area contributed by atoms with E-state index in [1.54, 1.807) is 17.9 Å². The van der Waals surface area contributed by atoms with Gasteiger partial charge in [0.25, 0.3) is 11.8 Å². The molecule has 2 atom stereocenters. The minimum absolute atomic E-state index is 0.116. The Balaban J connectivity index is 1.62. The van der Waals surface area contributed by atoms with E-state index in [0.29, 0.717) is 53.5 Å². The average Bonchev–Trinajstić information content (AvgIpc) is 2.69. The molecule has 0 aliphatic carbocycles. The molecule has 3 heterocycles. The molecule has 0 bridgehead atoms. The Kier molecular flexibility index (Phi) is 6.96. The van der Waals surface area contributed by atoms with Crippen molar-refractivity contribution in [2.45, 2.75) is 26.4 Å². The van der Waals surface area contributed by atoms with Crippen LogP contribution < -0.4 is 0 Å². The number of benzene rings is 1. The van der Waals surface area contributed by atoms with E-state index < -0.39 is 22.0 Å². The van der Waals surface area contributed by atoms with Gasteiger partial charge in [-0.3, -0.25) is 9.59 Å². The molecular formula is C23H27Cl2N3O5S. The number of amides is 2. The van der Waals surface area contributed by atoms with Crippen LogP contribution in [0.5, 0.6) is 0 Å². The van der Waals surface area contributed by atoms with Gasteiger partial charge in [-0.15, -0.1) is 0 Å². The molecule has 3 aliphatic heterocycles. The fourth-order valence-corrected chi connectivity index (χ4v) is 6.48. The Morgan fingerprint density at radius 2 is 1.91 bits per heavy atom. The number of hydrogen-bond donors (Lipinski definition) is 0. The lowest BCUT2D eigenvalue weighted by molar-refractivity contribution is -0.120. The average molecular weight is 528 g/mol. The first-order valence-corrected chi connectivity index (χ1v) is 13.6. The third-order valence-electron chi connectivity index (χ3n) is 6.79. The molecule has 1 aromatic rings. The van der Waals surface area contributed by atoms with Crippen molar-refractivity contribution >= 4 is 50.8 Å². The molecule has 0 spiro atoms. The Morgan fingerprint density at radius 1 is 1.24 bits per heavy atom. The lowest BCUT2D eigenvalue weighted by Gasteiger charge is -2.42. The van der Waals surface area contributed by atoms with E-state index in [-0.39, 0.29) is 29.3 Å². The Hall–Kier alpha value is -1.78. The SMILES string of the molecule is COC(c1cc(Cl)c2c(c1Cl)C(=O)N(CC1C(=O)N=C(C)C=C1C)CC2)C1CN(S(C)(=O)=O)C1. The zero-order valence-electron chi connectivity index (χ0n) is 19.5. The third kappa shape index (κ3) is 4.56. The maximum Gasteiger partial charge on any atom is 0.255 e. The van der Waals surface area contributed by atoms with E-state index in [1.165, 1.54) is 17.7 Å². The number of allylic oxidation sites excluding steroid dienone is 1. The molecule has 1 aromatic carbocycles. The number of rotatable bonds is 6. The number of fused-ring (bicyclic) bond motifs is 1. The summed E-state index contributed by atoms with van der Waals surface area (Å²) in [6, 6.07) is 1.72. The van der Waals surface area contributed by atoms with E-state index in [0.717, 1.165) is 5.57 Å². The van der Waals surface area contributed by atoms with Gasteiger partial charge in [0.2, 0.25) is 10.0 Å². The highest BCUT2D eigenvalue weighted by molar-refractivity contribution is 7.88. The van der Waals surface area contributed by atoms with Crippen molar-refractivity contribution in [3.05, 3.63) is 44.5 Å². The summed E-state index contributed by atoms with van der Waals surface area (Å²) < 4.78 is 30.6. The van der Waals surface area contributed by atoms with Crippen LogP contribution in [0.25, 0.3) is 0 Å². The Labute approximate surface area is 209 Å². The molecule has 8 nitrogen and oxygen atoms in total. The second kappa shape index (κ2) is 9.35. The summed E-state index contributed by atoms with van der Waals surface area (Å²) in [5.74, 6) is -1.15. The van der Waals surface area contributed by atoms with Gasteiger partial charge in [-0.05, 0) is 38.0 Å². The summed E-state index contributed by atoms with van der Waals surface area (Å²) in [6.07, 6.45) is 3.02. The van der Waals surface area contributed by atoms with Gasteiger partial charge in [-0.2, -0.15) is 0 Å². The van der Waals surface area contributed by atoms with Crippen molar-refractivity contribution in [1.29, 1.82) is 0 Å². The zero-order chi connectivity index (χ0) is 24.9. The second-order valence-electron chi connectivity index (χ2n) is 9.15. The van der Waals surface area contributed by atoms with Gasteiger partial charge in [0.1, 0.15) is 0 Å². The molecule has 0 radical (unpaired) electrons. The van der Waals surface area contributed by atoms with Crippen molar-refractivity contribution in [3.63, 3.8) is 0 Å². The molecule has 1 saturated heterocycles. The largest absolute Gasteiger partial charge is 0.376 e. The first-order valence-electron chi connectivity index (χ1n) is 11.0. The maximum absolute atomic E-state index is 13.5. The number of dihydropyridines is 1. The highest BCUT2D eigenvalue weighted by Crippen LogP contribution is 2.42. The monoisotopic (exact) mass is 527 g/mol. The van der Waals surface area contributed by atoms with Crippen molar-refractivity contribution in [1.82, 2.24) is 9.21 Å². The molecule has 2 amide bonds. The summed E-state index contributed by atoms with van der Waals surface area (Å²) in [7, 11) is -1.76. The van der Waals surface area contributed by atoms with Gasteiger partial charge in [-0.25, -0.2) is 17.7 Å². The van der Waals surface area contributed by atoms with E-state index >= 15 is 0 Å². The van der Waals surface area contributed by atoms with Gasteiger partial charge in [-0.1, -0.05) is 28.8 Å². The van der Waals surface area contributed by atoms with Crippen molar-refractivity contribution in [2.24, 2.45) is 16.8 Å². The van der Waals surface area contributed by atoms with E-state index in [9.17, 15) is 18.0 Å². The predicted molar refractivity (Wildman–Crippen MR) is 131 cm³/mol. The summed E-state index contributed by atoms with van der Waals surface area (Å²) in [5.41, 5.74) is 3.08. The van der Waals surface area contributed by atoms with Gasteiger partial charge in [0.05, 0.1) is 28.9 Å². The number of methoxy groups -OCH3 is 1. The molecule has 184 valence electrons. The summed E-state index contributed by atoms with van der Waals surface area (Å²) in [4.78, 5) is 31.7. The number of hydrogen-bond acceptors (Lipinski definition) is 5. The molecule has 1 fully saturated rings. The number of aliphatic imine (C=N–C) groups is 1. The molecule has 0 saturated carbocycles. The van der Waals surface area contributed by atoms with Crippen LogP contribution in [0.2, 0.25) is 10.0 Å². The van der Waals surface area contributed by atoms with Crippen LogP contribution in [-0.4, -0.2) is 74.7 Å². The van der Waals surface area contributed by atoms with Crippen LogP contribution in [0.3, 0.4) is 0 Å². The number of carbonyl (C=O) groups excluding carboxylic acids is 2. The second-order valence-corrected chi connectivity index (χ2v) is 11.9. The van der Waals surface area contributed by atoms with E-state index in [1.807, 2.05) is 13.0 Å². The number of ether oxygens (including phenoxy) is 1.